The molecule has 1 atom stereocenters. The van der Waals surface area contributed by atoms with Crippen molar-refractivity contribution in [2.45, 2.75) is 100 Å². The quantitative estimate of drug-likeness (QED) is 0.745. The average molecular weight is 314 g/mol. The van der Waals surface area contributed by atoms with E-state index < -0.39 is 12.0 Å². The Labute approximate surface area is 133 Å². The molecule has 0 radical (unpaired) electrons. The molecule has 1 spiro atoms. The third kappa shape index (κ3) is 4.62. The molecule has 2 fully saturated rings. The van der Waals surface area contributed by atoms with Crippen LogP contribution in [0.3, 0.4) is 0 Å². The maximum absolute atomic E-state index is 11.5. The van der Waals surface area contributed by atoms with E-state index in [1.165, 1.54) is 57.8 Å². The summed E-state index contributed by atoms with van der Waals surface area (Å²) in [6.45, 7) is 4.16. The van der Waals surface area contributed by atoms with Crippen LogP contribution in [-0.4, -0.2) is 26.7 Å². The van der Waals surface area contributed by atoms with Gasteiger partial charge in [-0.25, -0.2) is 0 Å². The SMILES string of the molecule is CC1(C)SC2(CCCCCCCCCCC2)NC1C(=O)O. The molecule has 21 heavy (non-hydrogen) atoms. The summed E-state index contributed by atoms with van der Waals surface area (Å²) in [6, 6.07) is -0.421. The first-order chi connectivity index (χ1) is 9.95. The van der Waals surface area contributed by atoms with Crippen LogP contribution in [0.1, 0.15) is 84.5 Å². The molecular formula is C17H31NO2S. The van der Waals surface area contributed by atoms with Crippen molar-refractivity contribution >= 4 is 17.7 Å². The van der Waals surface area contributed by atoms with Crippen molar-refractivity contribution in [2.24, 2.45) is 0 Å². The lowest BCUT2D eigenvalue weighted by molar-refractivity contribution is -0.140. The summed E-state index contributed by atoms with van der Waals surface area (Å²) in [7, 11) is 0. The molecular weight excluding hydrogens is 282 g/mol. The molecule has 122 valence electrons. The fourth-order valence-corrected chi connectivity index (χ4v) is 5.77. The molecule has 2 rings (SSSR count). The largest absolute Gasteiger partial charge is 0.480 e. The second kappa shape index (κ2) is 7.36. The van der Waals surface area contributed by atoms with Crippen molar-refractivity contribution in [1.82, 2.24) is 5.32 Å². The molecule has 1 heterocycles. The molecule has 4 heteroatoms. The molecule has 1 saturated carbocycles. The zero-order valence-corrected chi connectivity index (χ0v) is 14.4. The molecule has 2 aliphatic rings. The minimum absolute atomic E-state index is 0.00818. The minimum Gasteiger partial charge on any atom is -0.480 e. The van der Waals surface area contributed by atoms with E-state index >= 15 is 0 Å². The Morgan fingerprint density at radius 2 is 1.38 bits per heavy atom. The van der Waals surface area contributed by atoms with Gasteiger partial charge in [0, 0.05) is 4.75 Å². The molecule has 0 bridgehead atoms. The number of thioether (sulfide) groups is 1. The van der Waals surface area contributed by atoms with Gasteiger partial charge in [0.15, 0.2) is 0 Å². The van der Waals surface area contributed by atoms with Gasteiger partial charge in [-0.1, -0.05) is 57.8 Å². The zero-order chi connectivity index (χ0) is 15.3. The summed E-state index contributed by atoms with van der Waals surface area (Å²) in [5.41, 5.74) is 0. The van der Waals surface area contributed by atoms with Crippen molar-refractivity contribution in [3.05, 3.63) is 0 Å². The van der Waals surface area contributed by atoms with E-state index in [4.69, 9.17) is 0 Å². The monoisotopic (exact) mass is 313 g/mol. The van der Waals surface area contributed by atoms with E-state index in [1.807, 2.05) is 11.8 Å². The number of nitrogens with one attached hydrogen (secondary N) is 1. The summed E-state index contributed by atoms with van der Waals surface area (Å²) in [6.07, 6.45) is 14.1. The second-order valence-corrected chi connectivity index (χ2v) is 9.34. The predicted molar refractivity (Wildman–Crippen MR) is 89.7 cm³/mol. The highest BCUT2D eigenvalue weighted by atomic mass is 32.2. The summed E-state index contributed by atoms with van der Waals surface area (Å²) in [5, 5.41) is 13.0. The van der Waals surface area contributed by atoms with E-state index in [0.717, 1.165) is 12.8 Å². The van der Waals surface area contributed by atoms with Crippen LogP contribution in [-0.2, 0) is 4.79 Å². The number of carbonyl (C=O) groups is 1. The first kappa shape index (κ1) is 17.1. The van der Waals surface area contributed by atoms with Gasteiger partial charge in [-0.2, -0.15) is 0 Å². The number of rotatable bonds is 1. The first-order valence-corrected chi connectivity index (χ1v) is 9.48. The highest BCUT2D eigenvalue weighted by molar-refractivity contribution is 8.02. The Bertz CT molecular complexity index is 345. The van der Waals surface area contributed by atoms with E-state index in [9.17, 15) is 9.90 Å². The molecule has 3 nitrogen and oxygen atoms in total. The fourth-order valence-electron chi connectivity index (χ4n) is 3.82. The van der Waals surface area contributed by atoms with Crippen LogP contribution < -0.4 is 5.32 Å². The molecule has 0 aromatic heterocycles. The van der Waals surface area contributed by atoms with Crippen LogP contribution in [0.2, 0.25) is 0 Å². The molecule has 1 unspecified atom stereocenters. The van der Waals surface area contributed by atoms with Gasteiger partial charge in [0.25, 0.3) is 0 Å². The third-order valence-corrected chi connectivity index (χ3v) is 6.65. The Morgan fingerprint density at radius 3 is 1.76 bits per heavy atom. The Balaban J connectivity index is 2.04. The van der Waals surface area contributed by atoms with Crippen molar-refractivity contribution < 1.29 is 9.90 Å². The van der Waals surface area contributed by atoms with E-state index in [2.05, 4.69) is 19.2 Å². The van der Waals surface area contributed by atoms with Gasteiger partial charge in [0.05, 0.1) is 4.87 Å². The molecule has 1 aliphatic heterocycles. The topological polar surface area (TPSA) is 49.3 Å². The van der Waals surface area contributed by atoms with Crippen molar-refractivity contribution in [1.29, 1.82) is 0 Å². The molecule has 0 amide bonds. The molecule has 1 aliphatic carbocycles. The molecule has 0 aromatic carbocycles. The van der Waals surface area contributed by atoms with Gasteiger partial charge >= 0.3 is 5.97 Å². The molecule has 0 aromatic rings. The van der Waals surface area contributed by atoms with Crippen LogP contribution in [0, 0.1) is 0 Å². The fraction of sp³-hybridized carbons (Fsp3) is 0.941. The predicted octanol–water partition coefficient (Wildman–Crippen LogP) is 4.56. The lowest BCUT2D eigenvalue weighted by Crippen LogP contribution is -2.48. The van der Waals surface area contributed by atoms with Gasteiger partial charge in [0.1, 0.15) is 6.04 Å². The number of aliphatic carboxylic acids is 1. The molecule has 2 N–H and O–H groups in total. The van der Waals surface area contributed by atoms with Gasteiger partial charge in [-0.3, -0.25) is 10.1 Å². The van der Waals surface area contributed by atoms with Gasteiger partial charge in [0.2, 0.25) is 0 Å². The number of hydrogen-bond acceptors (Lipinski definition) is 3. The highest BCUT2D eigenvalue weighted by Crippen LogP contribution is 2.49. The standard InChI is InChI=1S/C17H31NO2S/c1-16(2)14(15(19)20)18-17(21-16)12-10-8-6-4-3-5-7-9-11-13-17/h14,18H,3-13H2,1-2H3,(H,19,20). The van der Waals surface area contributed by atoms with E-state index in [0.29, 0.717) is 0 Å². The minimum atomic E-state index is -0.699. The third-order valence-electron chi connectivity index (χ3n) is 4.97. The van der Waals surface area contributed by atoms with Crippen molar-refractivity contribution in [3.63, 3.8) is 0 Å². The summed E-state index contributed by atoms with van der Waals surface area (Å²) >= 11 is 1.89. The van der Waals surface area contributed by atoms with Crippen LogP contribution in [0.4, 0.5) is 0 Å². The van der Waals surface area contributed by atoms with Crippen LogP contribution in [0.25, 0.3) is 0 Å². The lowest BCUT2D eigenvalue weighted by atomic mass is 9.95. The van der Waals surface area contributed by atoms with Gasteiger partial charge in [-0.15, -0.1) is 11.8 Å². The van der Waals surface area contributed by atoms with Gasteiger partial charge in [-0.05, 0) is 26.7 Å². The summed E-state index contributed by atoms with van der Waals surface area (Å²) in [5.74, 6) is -0.699. The zero-order valence-electron chi connectivity index (χ0n) is 13.6. The summed E-state index contributed by atoms with van der Waals surface area (Å²) in [4.78, 5) is 11.5. The van der Waals surface area contributed by atoms with Gasteiger partial charge < -0.3 is 5.11 Å². The number of hydrogen-bond donors (Lipinski definition) is 2. The Hall–Kier alpha value is -0.220. The smallest absolute Gasteiger partial charge is 0.322 e. The highest BCUT2D eigenvalue weighted by Gasteiger charge is 2.52. The summed E-state index contributed by atoms with van der Waals surface area (Å²) < 4.78 is -0.219. The lowest BCUT2D eigenvalue weighted by Gasteiger charge is -2.30. The average Bonchev–Trinajstić information content (AvgIpc) is 2.66. The first-order valence-electron chi connectivity index (χ1n) is 8.66. The molecule has 1 saturated heterocycles. The van der Waals surface area contributed by atoms with E-state index in [1.54, 1.807) is 0 Å². The van der Waals surface area contributed by atoms with Crippen LogP contribution >= 0.6 is 11.8 Å². The normalized spacial score (nSPS) is 30.5. The maximum Gasteiger partial charge on any atom is 0.322 e. The van der Waals surface area contributed by atoms with Crippen molar-refractivity contribution in [3.8, 4) is 0 Å². The van der Waals surface area contributed by atoms with Crippen LogP contribution in [0.15, 0.2) is 0 Å². The van der Waals surface area contributed by atoms with Crippen LogP contribution in [0.5, 0.6) is 0 Å². The second-order valence-electron chi connectivity index (χ2n) is 7.30. The van der Waals surface area contributed by atoms with E-state index in [-0.39, 0.29) is 9.62 Å². The number of carboxylic acids is 1. The number of carboxylic acid groups (broad SMARTS) is 1. The maximum atomic E-state index is 11.5. The van der Waals surface area contributed by atoms with Crippen molar-refractivity contribution in [2.75, 3.05) is 0 Å². The Kier molecular flexibility index (Phi) is 6.01. The Morgan fingerprint density at radius 1 is 0.952 bits per heavy atom.